The molecule has 1 aromatic heterocycles. The Balaban J connectivity index is 1.54. The summed E-state index contributed by atoms with van der Waals surface area (Å²) in [5, 5.41) is 6.48. The minimum Gasteiger partial charge on any atom is -0.347 e. The van der Waals surface area contributed by atoms with Gasteiger partial charge in [-0.15, -0.1) is 0 Å². The van der Waals surface area contributed by atoms with Gasteiger partial charge < -0.3 is 9.84 Å². The number of nitrogens with zero attached hydrogens (tertiary/aromatic N) is 2. The lowest BCUT2D eigenvalue weighted by molar-refractivity contribution is 0.0907. The van der Waals surface area contributed by atoms with Gasteiger partial charge in [0.05, 0.1) is 10.6 Å². The van der Waals surface area contributed by atoms with Gasteiger partial charge in [0.2, 0.25) is 0 Å². The molecule has 1 N–H and O–H groups in total. The van der Waals surface area contributed by atoms with Crippen LogP contribution in [-0.4, -0.2) is 36.8 Å². The topological polar surface area (TPSA) is 102 Å². The number of amides is 1. The predicted molar refractivity (Wildman–Crippen MR) is 108 cm³/mol. The van der Waals surface area contributed by atoms with Crippen LogP contribution in [0.3, 0.4) is 0 Å². The van der Waals surface area contributed by atoms with Crippen LogP contribution in [0.2, 0.25) is 0 Å². The molecule has 0 radical (unpaired) electrons. The maximum Gasteiger partial charge on any atom is 0.315 e. The first-order valence-corrected chi connectivity index (χ1v) is 11.0. The number of hydrogen-bond acceptors (Lipinski definition) is 6. The zero-order valence-corrected chi connectivity index (χ0v) is 17.1. The number of hydrogen-bond donors (Lipinski definition) is 1. The van der Waals surface area contributed by atoms with E-state index < -0.39 is 15.7 Å². The van der Waals surface area contributed by atoms with Gasteiger partial charge in [0.25, 0.3) is 0 Å². The van der Waals surface area contributed by atoms with Crippen LogP contribution in [0.15, 0.2) is 64.0 Å². The monoisotopic (exact) mass is 413 g/mol. The van der Waals surface area contributed by atoms with Crippen molar-refractivity contribution in [2.45, 2.75) is 31.1 Å². The highest BCUT2D eigenvalue weighted by Gasteiger charge is 2.19. The van der Waals surface area contributed by atoms with E-state index in [-0.39, 0.29) is 34.7 Å². The van der Waals surface area contributed by atoms with Gasteiger partial charge in [-0.2, -0.15) is 4.98 Å². The Morgan fingerprint density at radius 3 is 2.48 bits per heavy atom. The standard InChI is InChI=1S/C21H23N3O4S/c1-15-8-10-18(11-9-15)29(26,27)13-12-19-23-21(28-24-19)20(25)22-14-16(2)17-6-4-3-5-7-17/h3-11,16H,12-14H2,1-2H3,(H,22,25)/t16-/m1/s1. The molecule has 3 rings (SSSR count). The number of aryl methyl sites for hydroxylation is 2. The van der Waals surface area contributed by atoms with Gasteiger partial charge in [0, 0.05) is 13.0 Å². The lowest BCUT2D eigenvalue weighted by Gasteiger charge is -2.11. The van der Waals surface area contributed by atoms with E-state index in [9.17, 15) is 13.2 Å². The Hall–Kier alpha value is -3.00. The fourth-order valence-corrected chi connectivity index (χ4v) is 4.00. The van der Waals surface area contributed by atoms with Crippen molar-refractivity contribution in [3.05, 3.63) is 77.4 Å². The number of sulfone groups is 1. The van der Waals surface area contributed by atoms with Crippen molar-refractivity contribution < 1.29 is 17.7 Å². The molecule has 3 aromatic rings. The van der Waals surface area contributed by atoms with Gasteiger partial charge >= 0.3 is 11.8 Å². The van der Waals surface area contributed by atoms with Crippen molar-refractivity contribution in [1.29, 1.82) is 0 Å². The number of aromatic nitrogens is 2. The number of nitrogens with one attached hydrogen (secondary N) is 1. The molecule has 0 saturated heterocycles. The van der Waals surface area contributed by atoms with Crippen molar-refractivity contribution in [3.63, 3.8) is 0 Å². The predicted octanol–water partition coefficient (Wildman–Crippen LogP) is 2.93. The Labute approximate surface area is 170 Å². The average Bonchev–Trinajstić information content (AvgIpc) is 3.20. The maximum absolute atomic E-state index is 12.4. The maximum atomic E-state index is 12.4. The van der Waals surface area contributed by atoms with Crippen molar-refractivity contribution in [2.24, 2.45) is 0 Å². The molecule has 0 unspecified atom stereocenters. The molecule has 0 aliphatic carbocycles. The van der Waals surface area contributed by atoms with Crippen LogP contribution in [-0.2, 0) is 16.3 Å². The van der Waals surface area contributed by atoms with Crippen LogP contribution in [0.1, 0.15) is 40.5 Å². The molecule has 7 nitrogen and oxygen atoms in total. The summed E-state index contributed by atoms with van der Waals surface area (Å²) in [4.78, 5) is 16.5. The van der Waals surface area contributed by atoms with Crippen molar-refractivity contribution in [2.75, 3.05) is 12.3 Å². The summed E-state index contributed by atoms with van der Waals surface area (Å²) in [5.74, 6) is -0.508. The first-order valence-electron chi connectivity index (χ1n) is 9.30. The molecule has 0 aliphatic heterocycles. The van der Waals surface area contributed by atoms with Gasteiger partial charge in [0.15, 0.2) is 15.7 Å². The molecule has 0 fully saturated rings. The van der Waals surface area contributed by atoms with Crippen LogP contribution in [0, 0.1) is 6.92 Å². The fraction of sp³-hybridized carbons (Fsp3) is 0.286. The second kappa shape index (κ2) is 9.00. The van der Waals surface area contributed by atoms with E-state index in [4.69, 9.17) is 4.52 Å². The van der Waals surface area contributed by atoms with Crippen molar-refractivity contribution in [1.82, 2.24) is 15.5 Å². The van der Waals surface area contributed by atoms with E-state index in [1.807, 2.05) is 44.2 Å². The van der Waals surface area contributed by atoms with Crippen LogP contribution in [0.4, 0.5) is 0 Å². The Bertz CT molecular complexity index is 1060. The smallest absolute Gasteiger partial charge is 0.315 e. The number of carbonyl (C=O) groups is 1. The summed E-state index contributed by atoms with van der Waals surface area (Å²) in [7, 11) is -3.46. The third-order valence-electron chi connectivity index (χ3n) is 4.57. The van der Waals surface area contributed by atoms with Gasteiger partial charge in [-0.05, 0) is 30.5 Å². The highest BCUT2D eigenvalue weighted by Crippen LogP contribution is 2.14. The quantitative estimate of drug-likeness (QED) is 0.609. The lowest BCUT2D eigenvalue weighted by atomic mass is 10.0. The third kappa shape index (κ3) is 5.51. The lowest BCUT2D eigenvalue weighted by Crippen LogP contribution is -2.27. The number of benzene rings is 2. The zero-order chi connectivity index (χ0) is 20.9. The van der Waals surface area contributed by atoms with Crippen LogP contribution in [0.25, 0.3) is 0 Å². The largest absolute Gasteiger partial charge is 0.347 e. The van der Waals surface area contributed by atoms with Gasteiger partial charge in [-0.1, -0.05) is 60.1 Å². The van der Waals surface area contributed by atoms with Gasteiger partial charge in [-0.3, -0.25) is 4.79 Å². The van der Waals surface area contributed by atoms with E-state index in [1.165, 1.54) is 0 Å². The van der Waals surface area contributed by atoms with Crippen molar-refractivity contribution in [3.8, 4) is 0 Å². The summed E-state index contributed by atoms with van der Waals surface area (Å²) >= 11 is 0. The van der Waals surface area contributed by atoms with E-state index in [1.54, 1.807) is 24.3 Å². The molecule has 2 aromatic carbocycles. The highest BCUT2D eigenvalue weighted by atomic mass is 32.2. The average molecular weight is 413 g/mol. The summed E-state index contributed by atoms with van der Waals surface area (Å²) in [5.41, 5.74) is 2.10. The third-order valence-corrected chi connectivity index (χ3v) is 6.31. The molecule has 0 saturated carbocycles. The molecule has 152 valence electrons. The van der Waals surface area contributed by atoms with E-state index in [0.717, 1.165) is 11.1 Å². The van der Waals surface area contributed by atoms with Crippen molar-refractivity contribution >= 4 is 15.7 Å². The minimum atomic E-state index is -3.46. The molecule has 1 atom stereocenters. The normalized spacial score (nSPS) is 12.5. The SMILES string of the molecule is Cc1ccc(S(=O)(=O)CCc2noc(C(=O)NC[C@@H](C)c3ccccc3)n2)cc1. The van der Waals surface area contributed by atoms with Gasteiger partial charge in [-0.25, -0.2) is 8.42 Å². The van der Waals surface area contributed by atoms with E-state index in [0.29, 0.717) is 6.54 Å². The van der Waals surface area contributed by atoms with Crippen LogP contribution in [0.5, 0.6) is 0 Å². The molecular weight excluding hydrogens is 390 g/mol. The molecule has 0 bridgehead atoms. The molecule has 1 heterocycles. The fourth-order valence-electron chi connectivity index (χ4n) is 2.76. The van der Waals surface area contributed by atoms with E-state index in [2.05, 4.69) is 15.5 Å². The number of carbonyl (C=O) groups excluding carboxylic acids is 1. The molecular formula is C21H23N3O4S. The summed E-state index contributed by atoms with van der Waals surface area (Å²) in [6.07, 6.45) is 0.0629. The summed E-state index contributed by atoms with van der Waals surface area (Å²) in [6, 6.07) is 16.5. The zero-order valence-electron chi connectivity index (χ0n) is 16.3. The van der Waals surface area contributed by atoms with E-state index >= 15 is 0 Å². The summed E-state index contributed by atoms with van der Waals surface area (Å²) in [6.45, 7) is 4.32. The highest BCUT2D eigenvalue weighted by molar-refractivity contribution is 7.91. The second-order valence-corrected chi connectivity index (χ2v) is 9.03. The Morgan fingerprint density at radius 2 is 1.79 bits per heavy atom. The molecule has 0 spiro atoms. The summed E-state index contributed by atoms with van der Waals surface area (Å²) < 4.78 is 29.8. The van der Waals surface area contributed by atoms with Crippen LogP contribution < -0.4 is 5.32 Å². The molecule has 8 heteroatoms. The molecule has 0 aliphatic rings. The van der Waals surface area contributed by atoms with Crippen LogP contribution >= 0.6 is 0 Å². The molecule has 29 heavy (non-hydrogen) atoms. The number of rotatable bonds is 8. The first kappa shape index (κ1) is 20.7. The second-order valence-electron chi connectivity index (χ2n) is 6.92. The minimum absolute atomic E-state index is 0.0629. The first-order chi connectivity index (χ1) is 13.8. The molecule has 1 amide bonds. The Kier molecular flexibility index (Phi) is 6.43. The Morgan fingerprint density at radius 1 is 1.10 bits per heavy atom. The van der Waals surface area contributed by atoms with Gasteiger partial charge in [0.1, 0.15) is 0 Å².